The van der Waals surface area contributed by atoms with Gasteiger partial charge in [0.2, 0.25) is 0 Å². The van der Waals surface area contributed by atoms with Gasteiger partial charge in [0.1, 0.15) is 11.6 Å². The number of hydrogen-bond donors (Lipinski definition) is 1. The van der Waals surface area contributed by atoms with Crippen molar-refractivity contribution >= 4 is 11.6 Å². The lowest BCUT2D eigenvalue weighted by Gasteiger charge is -2.35. The number of allylic oxidation sites excluding steroid dienone is 1. The predicted molar refractivity (Wildman–Crippen MR) is 87.2 cm³/mol. The highest BCUT2D eigenvalue weighted by molar-refractivity contribution is 6.30. The van der Waals surface area contributed by atoms with Crippen LogP contribution in [-0.2, 0) is 0 Å². The molecule has 1 heterocycles. The van der Waals surface area contributed by atoms with Crippen LogP contribution in [0.5, 0.6) is 0 Å². The van der Waals surface area contributed by atoms with Gasteiger partial charge >= 0.3 is 0 Å². The predicted octanol–water partition coefficient (Wildman–Crippen LogP) is 4.31. The average molecular weight is 329 g/mol. The Hall–Kier alpha value is -0.970. The van der Waals surface area contributed by atoms with Gasteiger partial charge in [0.05, 0.1) is 0 Å². The highest BCUT2D eigenvalue weighted by Crippen LogP contribution is 2.32. The lowest BCUT2D eigenvalue weighted by molar-refractivity contribution is 0.156. The molecule has 0 aliphatic carbocycles. The lowest BCUT2D eigenvalue weighted by atomic mass is 9.97. The Labute approximate surface area is 136 Å². The SMILES string of the molecule is C=CCCCC[C@@H](c1c(F)cc(Cl)cc1F)N1CCNCC1. The Morgan fingerprint density at radius 3 is 2.45 bits per heavy atom. The lowest BCUT2D eigenvalue weighted by Crippen LogP contribution is -2.45. The van der Waals surface area contributed by atoms with Gasteiger partial charge in [-0.2, -0.15) is 0 Å². The van der Waals surface area contributed by atoms with E-state index in [9.17, 15) is 8.78 Å². The minimum Gasteiger partial charge on any atom is -0.314 e. The minimum atomic E-state index is -0.544. The Bertz CT molecular complexity index is 478. The van der Waals surface area contributed by atoms with Gasteiger partial charge in [0, 0.05) is 42.8 Å². The summed E-state index contributed by atoms with van der Waals surface area (Å²) in [5, 5.41) is 3.37. The number of benzene rings is 1. The van der Waals surface area contributed by atoms with Crippen LogP contribution in [0.1, 0.15) is 37.3 Å². The smallest absolute Gasteiger partial charge is 0.132 e. The zero-order valence-corrected chi connectivity index (χ0v) is 13.5. The third-order valence-corrected chi connectivity index (χ3v) is 4.32. The second-order valence-electron chi connectivity index (χ2n) is 5.66. The normalized spacial score (nSPS) is 17.4. The first kappa shape index (κ1) is 17.4. The monoisotopic (exact) mass is 328 g/mol. The molecule has 0 amide bonds. The van der Waals surface area contributed by atoms with Crippen LogP contribution in [0, 0.1) is 11.6 Å². The molecule has 0 spiro atoms. The fourth-order valence-corrected chi connectivity index (χ4v) is 3.19. The molecule has 2 nitrogen and oxygen atoms in total. The van der Waals surface area contributed by atoms with Crippen molar-refractivity contribution in [2.45, 2.75) is 31.7 Å². The fraction of sp³-hybridized carbons (Fsp3) is 0.529. The third-order valence-electron chi connectivity index (χ3n) is 4.11. The van der Waals surface area contributed by atoms with E-state index in [1.165, 1.54) is 12.1 Å². The molecule has 1 fully saturated rings. The highest BCUT2D eigenvalue weighted by atomic mass is 35.5. The van der Waals surface area contributed by atoms with Crippen LogP contribution >= 0.6 is 11.6 Å². The van der Waals surface area contributed by atoms with Crippen LogP contribution in [0.15, 0.2) is 24.8 Å². The van der Waals surface area contributed by atoms with Gasteiger partial charge in [-0.3, -0.25) is 4.90 Å². The van der Waals surface area contributed by atoms with E-state index >= 15 is 0 Å². The van der Waals surface area contributed by atoms with Gasteiger partial charge in [-0.15, -0.1) is 6.58 Å². The summed E-state index contributed by atoms with van der Waals surface area (Å²) in [4.78, 5) is 2.17. The van der Waals surface area contributed by atoms with Crippen molar-refractivity contribution in [1.82, 2.24) is 10.2 Å². The number of halogens is 3. The molecule has 1 aromatic rings. The molecule has 0 radical (unpaired) electrons. The van der Waals surface area contributed by atoms with E-state index in [-0.39, 0.29) is 16.6 Å². The Morgan fingerprint density at radius 1 is 1.23 bits per heavy atom. The zero-order chi connectivity index (χ0) is 15.9. The van der Waals surface area contributed by atoms with Crippen molar-refractivity contribution in [3.05, 3.63) is 47.0 Å². The van der Waals surface area contributed by atoms with Gasteiger partial charge < -0.3 is 5.32 Å². The van der Waals surface area contributed by atoms with E-state index in [1.54, 1.807) is 0 Å². The first-order valence-electron chi connectivity index (χ1n) is 7.83. The minimum absolute atomic E-state index is 0.101. The summed E-state index contributed by atoms with van der Waals surface area (Å²) in [5.74, 6) is -1.09. The van der Waals surface area contributed by atoms with Gasteiger partial charge in [-0.25, -0.2) is 8.78 Å². The molecule has 1 N–H and O–H groups in total. The molecular weight excluding hydrogens is 306 g/mol. The van der Waals surface area contributed by atoms with E-state index in [0.717, 1.165) is 51.9 Å². The summed E-state index contributed by atoms with van der Waals surface area (Å²) in [6.07, 6.45) is 5.46. The first-order chi connectivity index (χ1) is 10.6. The molecule has 0 unspecified atom stereocenters. The van der Waals surface area contributed by atoms with Crippen LogP contribution in [0.4, 0.5) is 8.78 Å². The number of unbranched alkanes of at least 4 members (excludes halogenated alkanes) is 2. The maximum absolute atomic E-state index is 14.3. The molecule has 1 saturated heterocycles. The molecule has 0 aromatic heterocycles. The van der Waals surface area contributed by atoms with Crippen molar-refractivity contribution in [3.8, 4) is 0 Å². The fourth-order valence-electron chi connectivity index (χ4n) is 3.00. The Morgan fingerprint density at radius 2 is 1.86 bits per heavy atom. The number of rotatable bonds is 7. The van der Waals surface area contributed by atoms with E-state index in [2.05, 4.69) is 16.8 Å². The van der Waals surface area contributed by atoms with E-state index in [0.29, 0.717) is 0 Å². The summed E-state index contributed by atoms with van der Waals surface area (Å²) in [5.41, 5.74) is 0.157. The van der Waals surface area contributed by atoms with Crippen molar-refractivity contribution in [3.63, 3.8) is 0 Å². The summed E-state index contributed by atoms with van der Waals surface area (Å²) >= 11 is 5.74. The molecule has 2 rings (SSSR count). The van der Waals surface area contributed by atoms with Gasteiger partial charge in [-0.1, -0.05) is 24.1 Å². The molecular formula is C17H23ClF2N2. The van der Waals surface area contributed by atoms with Crippen LogP contribution in [0.25, 0.3) is 0 Å². The molecule has 0 bridgehead atoms. The molecule has 1 aliphatic rings. The molecule has 1 atom stereocenters. The van der Waals surface area contributed by atoms with Gasteiger partial charge in [-0.05, 0) is 31.4 Å². The van der Waals surface area contributed by atoms with Crippen LogP contribution in [-0.4, -0.2) is 31.1 Å². The van der Waals surface area contributed by atoms with Gasteiger partial charge in [0.25, 0.3) is 0 Å². The molecule has 5 heteroatoms. The second-order valence-corrected chi connectivity index (χ2v) is 6.09. The largest absolute Gasteiger partial charge is 0.314 e. The Balaban J connectivity index is 2.20. The second kappa shape index (κ2) is 8.61. The first-order valence-corrected chi connectivity index (χ1v) is 8.21. The summed E-state index contributed by atoms with van der Waals surface area (Å²) in [6, 6.07) is 2.18. The Kier molecular flexibility index (Phi) is 6.80. The van der Waals surface area contributed by atoms with Crippen LogP contribution < -0.4 is 5.32 Å². The van der Waals surface area contributed by atoms with Crippen molar-refractivity contribution in [2.24, 2.45) is 0 Å². The molecule has 0 saturated carbocycles. The van der Waals surface area contributed by atoms with Gasteiger partial charge in [0.15, 0.2) is 0 Å². The molecule has 1 aliphatic heterocycles. The number of hydrogen-bond acceptors (Lipinski definition) is 2. The number of nitrogens with one attached hydrogen (secondary N) is 1. The van der Waals surface area contributed by atoms with Crippen LogP contribution in [0.2, 0.25) is 5.02 Å². The number of piperazine rings is 1. The molecule has 122 valence electrons. The highest BCUT2D eigenvalue weighted by Gasteiger charge is 2.27. The van der Waals surface area contributed by atoms with Crippen molar-refractivity contribution < 1.29 is 8.78 Å². The summed E-state index contributed by atoms with van der Waals surface area (Å²) < 4.78 is 28.6. The topological polar surface area (TPSA) is 15.3 Å². The quantitative estimate of drug-likeness (QED) is 0.592. The average Bonchev–Trinajstić information content (AvgIpc) is 2.49. The third kappa shape index (κ3) is 4.51. The molecule has 1 aromatic carbocycles. The molecule has 22 heavy (non-hydrogen) atoms. The van der Waals surface area contributed by atoms with Crippen molar-refractivity contribution in [2.75, 3.05) is 26.2 Å². The summed E-state index contributed by atoms with van der Waals surface area (Å²) in [6.45, 7) is 7.00. The zero-order valence-electron chi connectivity index (χ0n) is 12.8. The number of nitrogens with zero attached hydrogens (tertiary/aromatic N) is 1. The van der Waals surface area contributed by atoms with E-state index in [4.69, 9.17) is 11.6 Å². The maximum Gasteiger partial charge on any atom is 0.132 e. The van der Waals surface area contributed by atoms with E-state index in [1.807, 2.05) is 6.08 Å². The maximum atomic E-state index is 14.3. The standard InChI is InChI=1S/C17H23ClF2N2/c1-2-3-4-5-6-16(22-9-7-21-8-10-22)17-14(19)11-13(18)12-15(17)20/h2,11-12,16,21H,1,3-10H2/t16-/m0/s1. The van der Waals surface area contributed by atoms with Crippen molar-refractivity contribution in [1.29, 1.82) is 0 Å². The van der Waals surface area contributed by atoms with Crippen LogP contribution in [0.3, 0.4) is 0 Å². The van der Waals surface area contributed by atoms with E-state index < -0.39 is 11.6 Å². The summed E-state index contributed by atoms with van der Waals surface area (Å²) in [7, 11) is 0.